The number of rotatable bonds is 4. The minimum absolute atomic E-state index is 0. The second kappa shape index (κ2) is 14.8. The molecule has 8 nitrogen and oxygen atoms in total. The van der Waals surface area contributed by atoms with E-state index in [4.69, 9.17) is 19.3 Å². The number of carbonyl (C=O) groups excluding carboxylic acids is 2. The van der Waals surface area contributed by atoms with Crippen molar-refractivity contribution in [3.05, 3.63) is 35.4 Å². The number of anilines is 1. The molecule has 0 atom stereocenters. The normalized spacial score (nSPS) is 11.4. The van der Waals surface area contributed by atoms with Crippen LogP contribution in [0.15, 0.2) is 24.3 Å². The predicted octanol–water partition coefficient (Wildman–Crippen LogP) is 2.89. The fourth-order valence-electron chi connectivity index (χ4n) is 3.01. The van der Waals surface area contributed by atoms with E-state index in [0.717, 1.165) is 11.1 Å². The minimum atomic E-state index is -0.622. The molecular weight excluding hydrogens is 574 g/mol. The zero-order chi connectivity index (χ0) is 22.7. The molecule has 0 spiro atoms. The molecule has 0 saturated carbocycles. The van der Waals surface area contributed by atoms with Crippen molar-refractivity contribution < 1.29 is 54.7 Å². The van der Waals surface area contributed by atoms with Crippen molar-refractivity contribution in [1.82, 2.24) is 0 Å². The largest absolute Gasteiger partial charge is 0.489 e. The van der Waals surface area contributed by atoms with Crippen LogP contribution in [-0.4, -0.2) is 71.8 Å². The van der Waals surface area contributed by atoms with Gasteiger partial charge < -0.3 is 29.0 Å². The molecule has 0 amide bonds. The van der Waals surface area contributed by atoms with Crippen LogP contribution in [0.2, 0.25) is 0 Å². The van der Waals surface area contributed by atoms with Crippen molar-refractivity contribution in [3.8, 4) is 5.75 Å². The second-order valence-corrected chi connectivity index (χ2v) is 5.94. The van der Waals surface area contributed by atoms with Crippen LogP contribution in [0.3, 0.4) is 0 Å². The van der Waals surface area contributed by atoms with Gasteiger partial charge in [-0.05, 0) is 5.39 Å². The van der Waals surface area contributed by atoms with Gasteiger partial charge in [-0.25, -0.2) is 9.59 Å². The number of ether oxygens (including phenoxy) is 4. The molecule has 0 saturated heterocycles. The maximum absolute atomic E-state index is 12.3. The van der Waals surface area contributed by atoms with Crippen molar-refractivity contribution >= 4 is 28.4 Å². The van der Waals surface area contributed by atoms with Crippen LogP contribution in [-0.2, 0) is 35.3 Å². The van der Waals surface area contributed by atoms with Crippen molar-refractivity contribution in [2.45, 2.75) is 13.8 Å². The van der Waals surface area contributed by atoms with Gasteiger partial charge in [0, 0.05) is 40.6 Å². The monoisotopic (exact) mass is 605 g/mol. The van der Waals surface area contributed by atoms with E-state index in [9.17, 15) is 9.59 Å². The van der Waals surface area contributed by atoms with Crippen LogP contribution in [0, 0.1) is 0 Å². The Morgan fingerprint density at radius 3 is 2.06 bits per heavy atom. The average molecular weight is 605 g/mol. The maximum Gasteiger partial charge on any atom is 0.342 e. The van der Waals surface area contributed by atoms with Crippen LogP contribution in [0.5, 0.6) is 5.75 Å². The summed E-state index contributed by atoms with van der Waals surface area (Å²) in [6.07, 6.45) is 0. The zero-order valence-electron chi connectivity index (χ0n) is 18.9. The summed E-state index contributed by atoms with van der Waals surface area (Å²) in [6.45, 7) is 5.68. The fourth-order valence-corrected chi connectivity index (χ4v) is 3.01. The Morgan fingerprint density at radius 1 is 1.03 bits per heavy atom. The number of hydrogen-bond acceptors (Lipinski definition) is 8. The van der Waals surface area contributed by atoms with Crippen molar-refractivity contribution in [2.75, 3.05) is 59.6 Å². The topological polar surface area (TPSA) is 94.5 Å². The Hall–Kier alpha value is -2.15. The Balaban J connectivity index is 0.000000994. The molecule has 172 valence electrons. The quantitative estimate of drug-likeness (QED) is 0.533. The van der Waals surface area contributed by atoms with E-state index in [2.05, 4.69) is 4.74 Å². The van der Waals surface area contributed by atoms with E-state index in [1.54, 1.807) is 13.2 Å². The number of esters is 2. The molecule has 0 unspecified atom stereocenters. The first-order chi connectivity index (χ1) is 14.5. The standard InChI is InChI=1S/C17H17NO5.C3H8O2.C2H6.W/c1-18-8-9-23-15-13(17(20)22-3)12(16(19)21-2)10-6-4-5-7-11(10)14(15)18;1-5-3-2-4;1-2;/h4-7H,8-9H2,1-3H3;4H,2-3H2,1H3;1-2H3;. The van der Waals surface area contributed by atoms with Crippen LogP contribution < -0.4 is 9.64 Å². The van der Waals surface area contributed by atoms with Crippen molar-refractivity contribution in [2.24, 2.45) is 0 Å². The van der Waals surface area contributed by atoms with E-state index >= 15 is 0 Å². The number of carbonyl (C=O) groups is 2. The number of likely N-dealkylation sites (N-methyl/N-ethyl adjacent to an activating group) is 1. The van der Waals surface area contributed by atoms with Gasteiger partial charge in [0.25, 0.3) is 0 Å². The summed E-state index contributed by atoms with van der Waals surface area (Å²) in [4.78, 5) is 26.7. The van der Waals surface area contributed by atoms with Gasteiger partial charge in [0.1, 0.15) is 12.2 Å². The number of aliphatic hydroxyl groups excluding tert-OH is 1. The summed E-state index contributed by atoms with van der Waals surface area (Å²) < 4.78 is 19.9. The predicted molar refractivity (Wildman–Crippen MR) is 116 cm³/mol. The van der Waals surface area contributed by atoms with E-state index in [1.165, 1.54) is 14.2 Å². The van der Waals surface area contributed by atoms with Gasteiger partial charge in [-0.15, -0.1) is 0 Å². The Kier molecular flexibility index (Phi) is 13.8. The molecule has 1 aliphatic heterocycles. The molecule has 31 heavy (non-hydrogen) atoms. The molecule has 3 rings (SSSR count). The van der Waals surface area contributed by atoms with Gasteiger partial charge in [-0.1, -0.05) is 38.1 Å². The molecule has 0 aromatic heterocycles. The molecule has 1 aliphatic rings. The summed E-state index contributed by atoms with van der Waals surface area (Å²) in [5.74, 6) is -0.853. The average Bonchev–Trinajstić information content (AvgIpc) is 2.79. The van der Waals surface area contributed by atoms with Crippen LogP contribution in [0.25, 0.3) is 10.8 Å². The summed E-state index contributed by atoms with van der Waals surface area (Å²) in [5, 5.41) is 9.41. The molecular formula is C22H31NO7W. The first-order valence-corrected chi connectivity index (χ1v) is 9.70. The van der Waals surface area contributed by atoms with Gasteiger partial charge in [0.15, 0.2) is 5.75 Å². The molecule has 0 radical (unpaired) electrons. The smallest absolute Gasteiger partial charge is 0.342 e. The summed E-state index contributed by atoms with van der Waals surface area (Å²) >= 11 is 0. The van der Waals surface area contributed by atoms with Crippen LogP contribution in [0.1, 0.15) is 34.6 Å². The van der Waals surface area contributed by atoms with Crippen molar-refractivity contribution in [3.63, 3.8) is 0 Å². The van der Waals surface area contributed by atoms with E-state index in [0.29, 0.717) is 30.9 Å². The van der Waals surface area contributed by atoms with Gasteiger partial charge in [0.2, 0.25) is 0 Å². The van der Waals surface area contributed by atoms with Crippen LogP contribution >= 0.6 is 0 Å². The number of aliphatic hydroxyl groups is 1. The molecule has 0 aliphatic carbocycles. The van der Waals surface area contributed by atoms with Crippen molar-refractivity contribution in [1.29, 1.82) is 0 Å². The number of methoxy groups -OCH3 is 3. The summed E-state index contributed by atoms with van der Waals surface area (Å²) in [7, 11) is 6.03. The van der Waals surface area contributed by atoms with E-state index in [1.807, 2.05) is 44.0 Å². The number of fused-ring (bicyclic) bond motifs is 3. The van der Waals surface area contributed by atoms with Crippen LogP contribution in [0.4, 0.5) is 5.69 Å². The van der Waals surface area contributed by atoms with Gasteiger partial charge in [-0.3, -0.25) is 0 Å². The third-order valence-corrected chi connectivity index (χ3v) is 4.27. The number of nitrogens with zero attached hydrogens (tertiary/aromatic N) is 1. The molecule has 0 fully saturated rings. The molecule has 1 N–H and O–H groups in total. The molecule has 1 heterocycles. The molecule has 2 aromatic carbocycles. The summed E-state index contributed by atoms with van der Waals surface area (Å²) in [5.41, 5.74) is 1.06. The Morgan fingerprint density at radius 2 is 1.58 bits per heavy atom. The van der Waals surface area contributed by atoms with Gasteiger partial charge >= 0.3 is 11.9 Å². The third-order valence-electron chi connectivity index (χ3n) is 4.27. The Labute approximate surface area is 197 Å². The zero-order valence-corrected chi connectivity index (χ0v) is 21.8. The fraction of sp³-hybridized carbons (Fsp3) is 0.455. The van der Waals surface area contributed by atoms with Gasteiger partial charge in [-0.2, -0.15) is 0 Å². The number of benzene rings is 2. The summed E-state index contributed by atoms with van der Waals surface area (Å²) in [6, 6.07) is 7.37. The molecule has 2 aromatic rings. The third kappa shape index (κ3) is 6.66. The first kappa shape index (κ1) is 28.8. The number of hydrogen-bond donors (Lipinski definition) is 1. The second-order valence-electron chi connectivity index (χ2n) is 5.94. The maximum atomic E-state index is 12.3. The SMILES string of the molecule is CC.COC(=O)c1c2c(c3ccccc3c1C(=O)OC)N(C)CCO2.COCCO.[W]. The molecule has 9 heteroatoms. The van der Waals surface area contributed by atoms with Gasteiger partial charge in [0.05, 0.1) is 45.2 Å². The Bertz CT molecular complexity index is 855. The van der Waals surface area contributed by atoms with E-state index < -0.39 is 11.9 Å². The van der Waals surface area contributed by atoms with E-state index in [-0.39, 0.29) is 38.8 Å². The molecule has 0 bridgehead atoms. The first-order valence-electron chi connectivity index (χ1n) is 9.70. The minimum Gasteiger partial charge on any atom is -0.489 e.